The number of pyridine rings is 1. The standard InChI is InChI=1S/C15H12FNO3/c1-2-3-10-8-13(15(19)20)14(18)17(9-10)12-6-4-11(16)5-7-12/h2-9H,1H3,(H,19,20). The normalized spacial score (nSPS) is 10.9. The molecular weight excluding hydrogens is 261 g/mol. The summed E-state index contributed by atoms with van der Waals surface area (Å²) in [6.45, 7) is 1.79. The molecule has 0 unspecified atom stereocenters. The second kappa shape index (κ2) is 5.52. The highest BCUT2D eigenvalue weighted by Gasteiger charge is 2.13. The number of carbonyl (C=O) groups is 1. The zero-order chi connectivity index (χ0) is 14.7. The van der Waals surface area contributed by atoms with Crippen molar-refractivity contribution in [2.45, 2.75) is 6.92 Å². The van der Waals surface area contributed by atoms with Crippen molar-refractivity contribution in [3.8, 4) is 5.69 Å². The van der Waals surface area contributed by atoms with E-state index in [1.807, 2.05) is 0 Å². The van der Waals surface area contributed by atoms with E-state index < -0.39 is 17.3 Å². The second-order valence-corrected chi connectivity index (χ2v) is 4.14. The summed E-state index contributed by atoms with van der Waals surface area (Å²) in [5, 5.41) is 9.08. The second-order valence-electron chi connectivity index (χ2n) is 4.14. The molecule has 0 aliphatic rings. The van der Waals surface area contributed by atoms with Crippen LogP contribution >= 0.6 is 0 Å². The molecule has 0 aliphatic carbocycles. The molecular formula is C15H12FNO3. The predicted octanol–water partition coefficient (Wildman–Crippen LogP) is 2.71. The number of halogens is 1. The Morgan fingerprint density at radius 1 is 1.30 bits per heavy atom. The van der Waals surface area contributed by atoms with E-state index in [4.69, 9.17) is 5.11 Å². The number of carboxylic acids is 1. The smallest absolute Gasteiger partial charge is 0.341 e. The van der Waals surface area contributed by atoms with Crippen LogP contribution in [-0.4, -0.2) is 15.6 Å². The van der Waals surface area contributed by atoms with E-state index in [9.17, 15) is 14.0 Å². The van der Waals surface area contributed by atoms with Gasteiger partial charge in [0, 0.05) is 11.9 Å². The Hall–Kier alpha value is -2.69. The minimum absolute atomic E-state index is 0.329. The van der Waals surface area contributed by atoms with Gasteiger partial charge in [-0.1, -0.05) is 12.2 Å². The number of hydrogen-bond donors (Lipinski definition) is 1. The van der Waals surface area contributed by atoms with Gasteiger partial charge < -0.3 is 5.11 Å². The SMILES string of the molecule is CC=Cc1cc(C(=O)O)c(=O)n(-c2ccc(F)cc2)c1. The number of aromatic nitrogens is 1. The van der Waals surface area contributed by atoms with Gasteiger partial charge in [-0.05, 0) is 42.8 Å². The van der Waals surface area contributed by atoms with Crippen LogP contribution in [0.15, 0.2) is 47.4 Å². The highest BCUT2D eigenvalue weighted by atomic mass is 19.1. The topological polar surface area (TPSA) is 59.3 Å². The Morgan fingerprint density at radius 3 is 2.50 bits per heavy atom. The predicted molar refractivity (Wildman–Crippen MR) is 73.7 cm³/mol. The first-order chi connectivity index (χ1) is 9.52. The highest BCUT2D eigenvalue weighted by molar-refractivity contribution is 5.88. The molecule has 1 aromatic heterocycles. The lowest BCUT2D eigenvalue weighted by molar-refractivity contribution is 0.0694. The van der Waals surface area contributed by atoms with Crippen molar-refractivity contribution < 1.29 is 14.3 Å². The van der Waals surface area contributed by atoms with Crippen molar-refractivity contribution in [1.29, 1.82) is 0 Å². The van der Waals surface area contributed by atoms with E-state index in [0.29, 0.717) is 11.3 Å². The zero-order valence-electron chi connectivity index (χ0n) is 10.7. The minimum atomic E-state index is -1.29. The molecule has 20 heavy (non-hydrogen) atoms. The van der Waals surface area contributed by atoms with Gasteiger partial charge in [-0.25, -0.2) is 9.18 Å². The van der Waals surface area contributed by atoms with Gasteiger partial charge in [0.25, 0.3) is 5.56 Å². The van der Waals surface area contributed by atoms with E-state index in [0.717, 1.165) is 0 Å². The summed E-state index contributed by atoms with van der Waals surface area (Å²) in [4.78, 5) is 23.2. The molecule has 0 amide bonds. The van der Waals surface area contributed by atoms with Crippen LogP contribution in [0.25, 0.3) is 11.8 Å². The lowest BCUT2D eigenvalue weighted by Crippen LogP contribution is -2.25. The molecule has 5 heteroatoms. The fourth-order valence-corrected chi connectivity index (χ4v) is 1.83. The summed E-state index contributed by atoms with van der Waals surface area (Å²) in [6.07, 6.45) is 4.94. The summed E-state index contributed by atoms with van der Waals surface area (Å²) in [6, 6.07) is 6.57. The van der Waals surface area contributed by atoms with Crippen LogP contribution in [0.3, 0.4) is 0 Å². The molecule has 0 radical (unpaired) electrons. The lowest BCUT2D eigenvalue weighted by atomic mass is 10.1. The number of rotatable bonds is 3. The van der Waals surface area contributed by atoms with Crippen molar-refractivity contribution in [3.05, 3.63) is 69.9 Å². The quantitative estimate of drug-likeness (QED) is 0.935. The van der Waals surface area contributed by atoms with Crippen molar-refractivity contribution >= 4 is 12.0 Å². The van der Waals surface area contributed by atoms with Gasteiger partial charge in [-0.3, -0.25) is 9.36 Å². The van der Waals surface area contributed by atoms with Gasteiger partial charge in [-0.15, -0.1) is 0 Å². The van der Waals surface area contributed by atoms with Crippen molar-refractivity contribution in [3.63, 3.8) is 0 Å². The minimum Gasteiger partial charge on any atom is -0.477 e. The Kier molecular flexibility index (Phi) is 3.79. The van der Waals surface area contributed by atoms with Gasteiger partial charge in [0.2, 0.25) is 0 Å². The van der Waals surface area contributed by atoms with Crippen LogP contribution in [0.5, 0.6) is 0 Å². The first kappa shape index (κ1) is 13.7. The third-order valence-corrected chi connectivity index (χ3v) is 2.73. The Balaban J connectivity index is 2.71. The number of aromatic carboxylic acids is 1. The summed E-state index contributed by atoms with van der Waals surface area (Å²) < 4.78 is 14.1. The van der Waals surface area contributed by atoms with Crippen LogP contribution in [-0.2, 0) is 0 Å². The molecule has 1 N–H and O–H groups in total. The van der Waals surface area contributed by atoms with Crippen LogP contribution < -0.4 is 5.56 Å². The molecule has 1 heterocycles. The van der Waals surface area contributed by atoms with Crippen molar-refractivity contribution in [2.24, 2.45) is 0 Å². The molecule has 4 nitrogen and oxygen atoms in total. The first-order valence-electron chi connectivity index (χ1n) is 5.91. The third-order valence-electron chi connectivity index (χ3n) is 2.73. The van der Waals surface area contributed by atoms with Crippen LogP contribution in [0.1, 0.15) is 22.8 Å². The molecule has 1 aromatic carbocycles. The maximum atomic E-state index is 12.9. The highest BCUT2D eigenvalue weighted by Crippen LogP contribution is 2.11. The van der Waals surface area contributed by atoms with E-state index >= 15 is 0 Å². The molecule has 0 saturated heterocycles. The van der Waals surface area contributed by atoms with Crippen LogP contribution in [0, 0.1) is 5.82 Å². The maximum Gasteiger partial charge on any atom is 0.341 e. The third kappa shape index (κ3) is 2.66. The fraction of sp³-hybridized carbons (Fsp3) is 0.0667. The van der Waals surface area contributed by atoms with Crippen molar-refractivity contribution in [1.82, 2.24) is 4.57 Å². The van der Waals surface area contributed by atoms with Gasteiger partial charge >= 0.3 is 5.97 Å². The largest absolute Gasteiger partial charge is 0.477 e. The van der Waals surface area contributed by atoms with Gasteiger partial charge in [0.1, 0.15) is 11.4 Å². The number of nitrogens with zero attached hydrogens (tertiary/aromatic N) is 1. The average Bonchev–Trinajstić information content (AvgIpc) is 2.41. The summed E-state index contributed by atoms with van der Waals surface area (Å²) >= 11 is 0. The van der Waals surface area contributed by atoms with E-state index in [1.165, 1.54) is 41.1 Å². The molecule has 0 fully saturated rings. The summed E-state index contributed by atoms with van der Waals surface area (Å²) in [7, 11) is 0. The van der Waals surface area contributed by atoms with E-state index in [-0.39, 0.29) is 5.56 Å². The average molecular weight is 273 g/mol. The molecule has 0 bridgehead atoms. The molecule has 2 aromatic rings. The Morgan fingerprint density at radius 2 is 1.95 bits per heavy atom. The van der Waals surface area contributed by atoms with E-state index in [1.54, 1.807) is 19.1 Å². The molecule has 102 valence electrons. The lowest BCUT2D eigenvalue weighted by Gasteiger charge is -2.08. The van der Waals surface area contributed by atoms with Gasteiger partial charge in [0.15, 0.2) is 0 Å². The molecule has 0 spiro atoms. The zero-order valence-corrected chi connectivity index (χ0v) is 10.7. The van der Waals surface area contributed by atoms with Gasteiger partial charge in [-0.2, -0.15) is 0 Å². The first-order valence-corrected chi connectivity index (χ1v) is 5.91. The fourth-order valence-electron chi connectivity index (χ4n) is 1.83. The molecule has 2 rings (SSSR count). The van der Waals surface area contributed by atoms with Gasteiger partial charge in [0.05, 0.1) is 0 Å². The van der Waals surface area contributed by atoms with Crippen molar-refractivity contribution in [2.75, 3.05) is 0 Å². The number of allylic oxidation sites excluding steroid dienone is 1. The Labute approximate surface area is 114 Å². The van der Waals surface area contributed by atoms with E-state index in [2.05, 4.69) is 0 Å². The molecule has 0 aliphatic heterocycles. The number of hydrogen-bond acceptors (Lipinski definition) is 2. The molecule has 0 atom stereocenters. The van der Waals surface area contributed by atoms with Crippen LogP contribution in [0.4, 0.5) is 4.39 Å². The number of carboxylic acid groups (broad SMARTS) is 1. The maximum absolute atomic E-state index is 12.9. The van der Waals surface area contributed by atoms with Crippen LogP contribution in [0.2, 0.25) is 0 Å². The summed E-state index contributed by atoms with van der Waals surface area (Å²) in [5.74, 6) is -1.72. The monoisotopic (exact) mass is 273 g/mol. The molecule has 0 saturated carbocycles. The number of benzene rings is 1. The Bertz CT molecular complexity index is 730. The summed E-state index contributed by atoms with van der Waals surface area (Å²) in [5.41, 5.74) is 0.00126.